The van der Waals surface area contributed by atoms with Crippen LogP contribution in [-0.2, 0) is 20.8 Å². The molecule has 1 aliphatic heterocycles. The largest absolute Gasteiger partial charge is 0.468 e. The maximum atomic E-state index is 11.6. The summed E-state index contributed by atoms with van der Waals surface area (Å²) in [6, 6.07) is 3.54. The molecular formula is C11H14ClNO3S. The van der Waals surface area contributed by atoms with Crippen molar-refractivity contribution in [2.75, 3.05) is 26.9 Å². The van der Waals surface area contributed by atoms with Crippen molar-refractivity contribution in [1.29, 1.82) is 0 Å². The number of ether oxygens (including phenoxy) is 2. The Morgan fingerprint density at radius 2 is 2.53 bits per heavy atom. The Hall–Kier alpha value is -0.620. The topological polar surface area (TPSA) is 38.8 Å². The normalized spacial score (nSPS) is 21.4. The first kappa shape index (κ1) is 12.8. The number of carbonyl (C=O) groups is 1. The average Bonchev–Trinajstić information content (AvgIpc) is 2.74. The lowest BCUT2D eigenvalue weighted by molar-refractivity contribution is -0.153. The van der Waals surface area contributed by atoms with Gasteiger partial charge < -0.3 is 9.47 Å². The molecule has 0 aromatic carbocycles. The van der Waals surface area contributed by atoms with Crippen LogP contribution in [0.2, 0.25) is 4.34 Å². The predicted octanol–water partition coefficient (Wildman–Crippen LogP) is 1.78. The van der Waals surface area contributed by atoms with Crippen molar-refractivity contribution >= 4 is 28.9 Å². The molecule has 0 saturated carbocycles. The van der Waals surface area contributed by atoms with Gasteiger partial charge in [-0.1, -0.05) is 11.6 Å². The van der Waals surface area contributed by atoms with Crippen LogP contribution in [0.25, 0.3) is 0 Å². The maximum absolute atomic E-state index is 11.6. The number of thiophene rings is 1. The lowest BCUT2D eigenvalue weighted by Crippen LogP contribution is -2.49. The van der Waals surface area contributed by atoms with Gasteiger partial charge in [0.2, 0.25) is 0 Å². The molecule has 1 saturated heterocycles. The molecule has 0 spiro atoms. The van der Waals surface area contributed by atoms with E-state index in [4.69, 9.17) is 21.1 Å². The minimum Gasteiger partial charge on any atom is -0.468 e. The molecule has 1 aromatic rings. The maximum Gasteiger partial charge on any atom is 0.325 e. The summed E-state index contributed by atoms with van der Waals surface area (Å²) < 4.78 is 10.9. The number of nitrogens with zero attached hydrogens (tertiary/aromatic N) is 1. The van der Waals surface area contributed by atoms with Crippen molar-refractivity contribution in [1.82, 2.24) is 4.90 Å². The summed E-state index contributed by atoms with van der Waals surface area (Å²) in [6.07, 6.45) is 0. The standard InChI is InChI=1S/C11H14ClNO3S/c1-15-11(14)9-7-16-5-4-13(9)6-8-2-3-10(12)17-8/h2-3,9H,4-7H2,1H3. The van der Waals surface area contributed by atoms with Gasteiger partial charge in [-0.15, -0.1) is 11.3 Å². The molecule has 1 atom stereocenters. The molecule has 2 heterocycles. The molecule has 4 nitrogen and oxygen atoms in total. The number of rotatable bonds is 3. The third-order valence-corrected chi connectivity index (χ3v) is 3.92. The first-order chi connectivity index (χ1) is 8.20. The number of morpholine rings is 1. The zero-order chi connectivity index (χ0) is 12.3. The molecule has 0 amide bonds. The van der Waals surface area contributed by atoms with Gasteiger partial charge in [-0.2, -0.15) is 0 Å². The molecule has 1 unspecified atom stereocenters. The summed E-state index contributed by atoms with van der Waals surface area (Å²) in [7, 11) is 1.40. The second-order valence-electron chi connectivity index (χ2n) is 3.79. The van der Waals surface area contributed by atoms with Gasteiger partial charge in [0, 0.05) is 18.0 Å². The quantitative estimate of drug-likeness (QED) is 0.788. The van der Waals surface area contributed by atoms with E-state index >= 15 is 0 Å². The van der Waals surface area contributed by atoms with Crippen LogP contribution in [0.15, 0.2) is 12.1 Å². The lowest BCUT2D eigenvalue weighted by Gasteiger charge is -2.33. The zero-order valence-electron chi connectivity index (χ0n) is 9.52. The molecule has 2 rings (SSSR count). The Bertz CT molecular complexity index is 396. The Kier molecular flexibility index (Phi) is 4.39. The molecular weight excluding hydrogens is 262 g/mol. The number of halogens is 1. The van der Waals surface area contributed by atoms with E-state index in [1.165, 1.54) is 18.4 Å². The van der Waals surface area contributed by atoms with Crippen LogP contribution in [0.5, 0.6) is 0 Å². The Balaban J connectivity index is 2.03. The highest BCUT2D eigenvalue weighted by Gasteiger charge is 2.30. The van der Waals surface area contributed by atoms with E-state index < -0.39 is 0 Å². The third kappa shape index (κ3) is 3.19. The van der Waals surface area contributed by atoms with Gasteiger partial charge in [0.15, 0.2) is 0 Å². The fraction of sp³-hybridized carbons (Fsp3) is 0.545. The van der Waals surface area contributed by atoms with Crippen molar-refractivity contribution in [3.05, 3.63) is 21.3 Å². The summed E-state index contributed by atoms with van der Waals surface area (Å²) in [4.78, 5) is 14.8. The number of esters is 1. The van der Waals surface area contributed by atoms with Crippen LogP contribution in [-0.4, -0.2) is 43.8 Å². The number of carbonyl (C=O) groups excluding carboxylic acids is 1. The van der Waals surface area contributed by atoms with Gasteiger partial charge in [-0.3, -0.25) is 9.69 Å². The van der Waals surface area contributed by atoms with E-state index in [1.54, 1.807) is 0 Å². The second kappa shape index (κ2) is 5.82. The second-order valence-corrected chi connectivity index (χ2v) is 5.59. The lowest BCUT2D eigenvalue weighted by atomic mass is 10.2. The van der Waals surface area contributed by atoms with Crippen LogP contribution in [0.1, 0.15) is 4.88 Å². The highest BCUT2D eigenvalue weighted by atomic mass is 35.5. The minimum atomic E-state index is -0.311. The SMILES string of the molecule is COC(=O)C1COCCN1Cc1ccc(Cl)s1. The third-order valence-electron chi connectivity index (χ3n) is 2.70. The van der Waals surface area contributed by atoms with Crippen molar-refractivity contribution in [3.8, 4) is 0 Å². The Morgan fingerprint density at radius 3 is 3.18 bits per heavy atom. The molecule has 1 aliphatic rings. The highest BCUT2D eigenvalue weighted by molar-refractivity contribution is 7.16. The summed E-state index contributed by atoms with van der Waals surface area (Å²) in [5.74, 6) is -0.243. The molecule has 0 radical (unpaired) electrons. The van der Waals surface area contributed by atoms with E-state index in [-0.39, 0.29) is 12.0 Å². The monoisotopic (exact) mass is 275 g/mol. The highest BCUT2D eigenvalue weighted by Crippen LogP contribution is 2.24. The molecule has 94 valence electrons. The van der Waals surface area contributed by atoms with E-state index in [0.29, 0.717) is 19.8 Å². The first-order valence-electron chi connectivity index (χ1n) is 5.34. The van der Waals surface area contributed by atoms with Gasteiger partial charge in [-0.25, -0.2) is 0 Å². The Morgan fingerprint density at radius 1 is 1.71 bits per heavy atom. The van der Waals surface area contributed by atoms with Crippen LogP contribution < -0.4 is 0 Å². The van der Waals surface area contributed by atoms with Crippen molar-refractivity contribution in [2.45, 2.75) is 12.6 Å². The smallest absolute Gasteiger partial charge is 0.325 e. The van der Waals surface area contributed by atoms with Crippen LogP contribution in [0.4, 0.5) is 0 Å². The summed E-state index contributed by atoms with van der Waals surface area (Å²) in [5.41, 5.74) is 0. The molecule has 0 aliphatic carbocycles. The molecule has 0 N–H and O–H groups in total. The van der Waals surface area contributed by atoms with Gasteiger partial charge in [-0.05, 0) is 12.1 Å². The first-order valence-corrected chi connectivity index (χ1v) is 6.54. The fourth-order valence-corrected chi connectivity index (χ4v) is 2.93. The van der Waals surface area contributed by atoms with Gasteiger partial charge in [0.1, 0.15) is 6.04 Å². The van der Waals surface area contributed by atoms with Crippen molar-refractivity contribution in [3.63, 3.8) is 0 Å². The fourth-order valence-electron chi connectivity index (χ4n) is 1.82. The number of hydrogen-bond acceptors (Lipinski definition) is 5. The molecule has 1 aromatic heterocycles. The predicted molar refractivity (Wildman–Crippen MR) is 66.4 cm³/mol. The zero-order valence-corrected chi connectivity index (χ0v) is 11.1. The average molecular weight is 276 g/mol. The molecule has 6 heteroatoms. The Labute approximate surface area is 109 Å². The van der Waals surface area contributed by atoms with Gasteiger partial charge in [0.25, 0.3) is 0 Å². The van der Waals surface area contributed by atoms with Crippen LogP contribution >= 0.6 is 22.9 Å². The molecule has 17 heavy (non-hydrogen) atoms. The van der Waals surface area contributed by atoms with Crippen LogP contribution in [0.3, 0.4) is 0 Å². The number of methoxy groups -OCH3 is 1. The van der Waals surface area contributed by atoms with E-state index in [2.05, 4.69) is 4.90 Å². The molecule has 1 fully saturated rings. The number of hydrogen-bond donors (Lipinski definition) is 0. The summed E-state index contributed by atoms with van der Waals surface area (Å²) >= 11 is 7.42. The van der Waals surface area contributed by atoms with Gasteiger partial charge in [0.05, 0.1) is 24.7 Å². The van der Waals surface area contributed by atoms with E-state index in [9.17, 15) is 4.79 Å². The van der Waals surface area contributed by atoms with E-state index in [0.717, 1.165) is 15.8 Å². The van der Waals surface area contributed by atoms with Gasteiger partial charge >= 0.3 is 5.97 Å². The summed E-state index contributed by atoms with van der Waals surface area (Å²) in [5, 5.41) is 0. The van der Waals surface area contributed by atoms with Crippen LogP contribution in [0, 0.1) is 0 Å². The van der Waals surface area contributed by atoms with Crippen molar-refractivity contribution in [2.24, 2.45) is 0 Å². The molecule has 0 bridgehead atoms. The van der Waals surface area contributed by atoms with Crippen molar-refractivity contribution < 1.29 is 14.3 Å². The minimum absolute atomic E-state index is 0.243. The van der Waals surface area contributed by atoms with E-state index in [1.807, 2.05) is 12.1 Å². The summed E-state index contributed by atoms with van der Waals surface area (Å²) in [6.45, 7) is 2.48.